The van der Waals surface area contributed by atoms with Gasteiger partial charge in [0.1, 0.15) is 24.2 Å². The van der Waals surface area contributed by atoms with Crippen LogP contribution in [0.5, 0.6) is 0 Å². The molecule has 0 saturated carbocycles. The predicted molar refractivity (Wildman–Crippen MR) is 147 cm³/mol. The first-order valence-electron chi connectivity index (χ1n) is 12.6. The third-order valence-electron chi connectivity index (χ3n) is 5.97. The monoisotopic (exact) mass is 535 g/mol. The van der Waals surface area contributed by atoms with Crippen LogP contribution in [0.4, 0.5) is 10.5 Å². The van der Waals surface area contributed by atoms with E-state index in [0.29, 0.717) is 11.3 Å². The van der Waals surface area contributed by atoms with E-state index in [0.717, 1.165) is 21.6 Å². The van der Waals surface area contributed by atoms with Gasteiger partial charge in [-0.05, 0) is 76.3 Å². The number of ether oxygens (including phenoxy) is 1. The van der Waals surface area contributed by atoms with Gasteiger partial charge in [0.15, 0.2) is 0 Å². The van der Waals surface area contributed by atoms with Crippen LogP contribution >= 0.6 is 0 Å². The Labute approximate surface area is 229 Å². The molecule has 10 nitrogen and oxygen atoms in total. The molecule has 208 valence electrons. The van der Waals surface area contributed by atoms with Crippen LogP contribution in [-0.2, 0) is 19.1 Å². The fraction of sp³-hybridized carbons (Fsp3) is 0.414. The average molecular weight is 536 g/mol. The zero-order chi connectivity index (χ0) is 29.3. The van der Waals surface area contributed by atoms with Crippen molar-refractivity contribution in [3.05, 3.63) is 64.7 Å². The summed E-state index contributed by atoms with van der Waals surface area (Å²) in [5, 5.41) is 15.1. The number of benzene rings is 2. The van der Waals surface area contributed by atoms with E-state index in [-0.39, 0.29) is 12.8 Å². The molecule has 2 rings (SSSR count). The number of nitriles is 1. The van der Waals surface area contributed by atoms with Gasteiger partial charge in [-0.15, -0.1) is 0 Å². The number of hydrogen-bond acceptors (Lipinski definition) is 6. The topological polar surface area (TPSA) is 155 Å². The number of alkyl carbamates (subject to hydrolysis) is 1. The van der Waals surface area contributed by atoms with E-state index in [2.05, 4.69) is 10.6 Å². The largest absolute Gasteiger partial charge is 0.444 e. The summed E-state index contributed by atoms with van der Waals surface area (Å²) in [6.07, 6.45) is -1.24. The van der Waals surface area contributed by atoms with Gasteiger partial charge in [-0.25, -0.2) is 4.79 Å². The highest BCUT2D eigenvalue weighted by molar-refractivity contribution is 6.00. The number of anilines is 1. The molecule has 0 saturated heterocycles. The van der Waals surface area contributed by atoms with Crippen LogP contribution in [0.1, 0.15) is 61.9 Å². The lowest BCUT2D eigenvalue weighted by Gasteiger charge is -2.34. The Balaban J connectivity index is 2.59. The molecular weight excluding hydrogens is 498 g/mol. The maximum Gasteiger partial charge on any atom is 0.408 e. The average Bonchev–Trinajstić information content (AvgIpc) is 2.82. The van der Waals surface area contributed by atoms with Gasteiger partial charge in [0.05, 0.1) is 6.07 Å². The van der Waals surface area contributed by atoms with E-state index in [1.807, 2.05) is 57.2 Å². The minimum atomic E-state index is -1.28. The summed E-state index contributed by atoms with van der Waals surface area (Å²) in [4.78, 5) is 53.1. The third kappa shape index (κ3) is 8.85. The molecule has 0 fully saturated rings. The predicted octanol–water partition coefficient (Wildman–Crippen LogP) is 3.80. The zero-order valence-corrected chi connectivity index (χ0v) is 23.3. The Kier molecular flexibility index (Phi) is 10.6. The first-order chi connectivity index (χ1) is 18.2. The van der Waals surface area contributed by atoms with Gasteiger partial charge in [0.25, 0.3) is 5.91 Å². The number of hydrogen-bond donors (Lipinski definition) is 3. The Morgan fingerprint density at radius 1 is 1.00 bits per heavy atom. The van der Waals surface area contributed by atoms with Crippen LogP contribution in [0.3, 0.4) is 0 Å². The Hall–Kier alpha value is -4.39. The quantitative estimate of drug-likeness (QED) is 0.393. The van der Waals surface area contributed by atoms with Crippen molar-refractivity contribution in [2.24, 2.45) is 5.73 Å². The molecule has 2 aromatic rings. The summed E-state index contributed by atoms with van der Waals surface area (Å²) < 4.78 is 5.31. The molecule has 0 aromatic heterocycles. The van der Waals surface area contributed by atoms with Crippen molar-refractivity contribution in [1.29, 1.82) is 5.26 Å². The lowest BCUT2D eigenvalue weighted by molar-refractivity contribution is -0.140. The zero-order valence-electron chi connectivity index (χ0n) is 23.3. The number of aryl methyl sites for hydroxylation is 3. The molecule has 0 aliphatic carbocycles. The van der Waals surface area contributed by atoms with Crippen molar-refractivity contribution in [3.8, 4) is 6.07 Å². The maximum atomic E-state index is 14.0. The maximum absolute atomic E-state index is 14.0. The van der Waals surface area contributed by atoms with Gasteiger partial charge in [-0.3, -0.25) is 14.4 Å². The van der Waals surface area contributed by atoms with Crippen molar-refractivity contribution < 1.29 is 23.9 Å². The second-order valence-corrected chi connectivity index (χ2v) is 10.3. The number of nitrogens with zero attached hydrogens (tertiary/aromatic N) is 2. The summed E-state index contributed by atoms with van der Waals surface area (Å²) in [5.41, 5.74) is 7.88. The van der Waals surface area contributed by atoms with Crippen molar-refractivity contribution >= 4 is 29.5 Å². The minimum Gasteiger partial charge on any atom is -0.444 e. The summed E-state index contributed by atoms with van der Waals surface area (Å²) >= 11 is 0. The summed E-state index contributed by atoms with van der Waals surface area (Å²) in [5.74, 6) is -1.93. The van der Waals surface area contributed by atoms with E-state index in [9.17, 15) is 24.4 Å². The molecule has 2 atom stereocenters. The Morgan fingerprint density at radius 2 is 1.59 bits per heavy atom. The number of primary amides is 1. The van der Waals surface area contributed by atoms with Crippen molar-refractivity contribution in [2.45, 2.75) is 72.1 Å². The fourth-order valence-electron chi connectivity index (χ4n) is 4.17. The summed E-state index contributed by atoms with van der Waals surface area (Å²) in [6.45, 7) is 10.0. The summed E-state index contributed by atoms with van der Waals surface area (Å²) in [7, 11) is 0. The molecule has 0 radical (unpaired) electrons. The minimum absolute atomic E-state index is 0.145. The van der Waals surface area contributed by atoms with Crippen LogP contribution in [0.2, 0.25) is 0 Å². The third-order valence-corrected chi connectivity index (χ3v) is 5.97. The second-order valence-electron chi connectivity index (χ2n) is 10.3. The molecule has 2 unspecified atom stereocenters. The van der Waals surface area contributed by atoms with Crippen LogP contribution in [0, 0.1) is 32.1 Å². The molecule has 0 bridgehead atoms. The first kappa shape index (κ1) is 30.8. The van der Waals surface area contributed by atoms with Gasteiger partial charge in [0.2, 0.25) is 11.8 Å². The van der Waals surface area contributed by atoms with Gasteiger partial charge < -0.3 is 26.0 Å². The first-order valence-corrected chi connectivity index (χ1v) is 12.6. The highest BCUT2D eigenvalue weighted by atomic mass is 16.6. The summed E-state index contributed by atoms with van der Waals surface area (Å²) in [6, 6.07) is 12.1. The van der Waals surface area contributed by atoms with Crippen LogP contribution in [-0.4, -0.2) is 46.9 Å². The Morgan fingerprint density at radius 3 is 2.13 bits per heavy atom. The molecule has 0 spiro atoms. The highest BCUT2D eigenvalue weighted by Crippen LogP contribution is 2.30. The smallest absolute Gasteiger partial charge is 0.408 e. The molecular formula is C29H37N5O5. The molecule has 4 amide bonds. The molecule has 10 heteroatoms. The molecule has 0 aliphatic heterocycles. The molecule has 4 N–H and O–H groups in total. The van der Waals surface area contributed by atoms with Crippen LogP contribution in [0.15, 0.2) is 42.5 Å². The van der Waals surface area contributed by atoms with Crippen molar-refractivity contribution in [2.75, 3.05) is 11.9 Å². The standard InChI is InChI=1S/C29H37N5O5/c1-18-10-7-8-13-21(18)32-26(36)25(24-19(2)11-9-12-20(24)3)34(17-16-30)27(37)22(14-15-23(31)35)33-28(38)39-29(4,5)6/h7-13,22,25H,14-15,17H2,1-6H3,(H2,31,35)(H,32,36)(H,33,38). The van der Waals surface area contributed by atoms with Crippen molar-refractivity contribution in [1.82, 2.24) is 10.2 Å². The SMILES string of the molecule is Cc1ccccc1NC(=O)C(c1c(C)cccc1C)N(CC#N)C(=O)C(CCC(N)=O)NC(=O)OC(C)(C)C. The van der Waals surface area contributed by atoms with E-state index in [4.69, 9.17) is 10.5 Å². The second kappa shape index (κ2) is 13.4. The van der Waals surface area contributed by atoms with Gasteiger partial charge in [-0.2, -0.15) is 5.26 Å². The normalized spacial score (nSPS) is 12.4. The lowest BCUT2D eigenvalue weighted by atomic mass is 9.93. The van der Waals surface area contributed by atoms with E-state index < -0.39 is 48.0 Å². The van der Waals surface area contributed by atoms with Gasteiger partial charge >= 0.3 is 6.09 Å². The number of para-hydroxylation sites is 1. The molecule has 0 heterocycles. The number of rotatable bonds is 10. The fourth-order valence-corrected chi connectivity index (χ4v) is 4.17. The number of amides is 4. The van der Waals surface area contributed by atoms with Gasteiger partial charge in [0, 0.05) is 12.1 Å². The molecule has 39 heavy (non-hydrogen) atoms. The van der Waals surface area contributed by atoms with E-state index in [1.165, 1.54) is 0 Å². The van der Waals surface area contributed by atoms with Gasteiger partial charge in [-0.1, -0.05) is 36.4 Å². The molecule has 2 aromatic carbocycles. The lowest BCUT2D eigenvalue weighted by Crippen LogP contribution is -2.53. The van der Waals surface area contributed by atoms with Crippen LogP contribution in [0.25, 0.3) is 0 Å². The number of carbonyl (C=O) groups is 4. The van der Waals surface area contributed by atoms with Crippen LogP contribution < -0.4 is 16.4 Å². The van der Waals surface area contributed by atoms with Crippen molar-refractivity contribution in [3.63, 3.8) is 0 Å². The number of carbonyl (C=O) groups excluding carboxylic acids is 4. The Bertz CT molecular complexity index is 1240. The van der Waals surface area contributed by atoms with E-state index >= 15 is 0 Å². The molecule has 0 aliphatic rings. The number of nitrogens with two attached hydrogens (primary N) is 1. The highest BCUT2D eigenvalue weighted by Gasteiger charge is 2.37. The van der Waals surface area contributed by atoms with E-state index in [1.54, 1.807) is 32.9 Å². The number of nitrogens with one attached hydrogen (secondary N) is 2.